The highest BCUT2D eigenvalue weighted by Gasteiger charge is 2.51. The minimum atomic E-state index is -0.0112. The van der Waals surface area contributed by atoms with Crippen molar-refractivity contribution in [2.24, 2.45) is 5.41 Å². The number of rotatable bonds is 2. The molecule has 1 amide bonds. The summed E-state index contributed by atoms with van der Waals surface area (Å²) in [5.74, 6) is 0.113. The van der Waals surface area contributed by atoms with E-state index in [2.05, 4.69) is 15.6 Å². The van der Waals surface area contributed by atoms with E-state index in [1.165, 1.54) is 25.7 Å². The number of nitrogens with zero attached hydrogens (tertiary/aromatic N) is 1. The van der Waals surface area contributed by atoms with Crippen LogP contribution in [0.1, 0.15) is 36.9 Å². The van der Waals surface area contributed by atoms with Crippen LogP contribution in [0.3, 0.4) is 0 Å². The normalized spacial score (nSPS) is 24.2. The minimum absolute atomic E-state index is 0.0112. The number of nitrogens with one attached hydrogen (secondary N) is 2. The Balaban J connectivity index is 1.73. The van der Waals surface area contributed by atoms with E-state index in [4.69, 9.17) is 0 Å². The van der Waals surface area contributed by atoms with Crippen LogP contribution in [0.2, 0.25) is 0 Å². The molecule has 1 saturated carbocycles. The van der Waals surface area contributed by atoms with E-state index < -0.39 is 0 Å². The maximum absolute atomic E-state index is 12.4. The molecular weight excluding hydrogens is 238 g/mol. The highest BCUT2D eigenvalue weighted by Crippen LogP contribution is 2.45. The summed E-state index contributed by atoms with van der Waals surface area (Å²) in [6, 6.07) is 1.86. The first-order valence-electron chi connectivity index (χ1n) is 7.09. The van der Waals surface area contributed by atoms with Crippen molar-refractivity contribution in [2.45, 2.75) is 45.6 Å². The van der Waals surface area contributed by atoms with Crippen molar-refractivity contribution >= 4 is 11.6 Å². The Hall–Kier alpha value is -1.42. The van der Waals surface area contributed by atoms with E-state index in [9.17, 15) is 4.79 Å². The largest absolute Gasteiger partial charge is 0.324 e. The molecule has 2 heterocycles. The Labute approximate surface area is 114 Å². The van der Waals surface area contributed by atoms with Gasteiger partial charge < -0.3 is 10.6 Å². The molecule has 0 bridgehead atoms. The van der Waals surface area contributed by atoms with Crippen LogP contribution in [0.15, 0.2) is 12.3 Å². The minimum Gasteiger partial charge on any atom is -0.324 e. The summed E-state index contributed by atoms with van der Waals surface area (Å²) in [7, 11) is 0. The molecule has 1 aliphatic carbocycles. The predicted molar refractivity (Wildman–Crippen MR) is 75.0 cm³/mol. The SMILES string of the molecule is Cc1nccc(NC(=O)C2NCC23CCCC3)c1C. The average Bonchev–Trinajstić information content (AvgIpc) is 2.85. The summed E-state index contributed by atoms with van der Waals surface area (Å²) >= 11 is 0. The number of aromatic nitrogens is 1. The van der Waals surface area contributed by atoms with E-state index in [-0.39, 0.29) is 17.4 Å². The van der Waals surface area contributed by atoms with E-state index >= 15 is 0 Å². The number of pyridine rings is 1. The Kier molecular flexibility index (Phi) is 3.05. The number of aryl methyl sites for hydroxylation is 1. The average molecular weight is 259 g/mol. The highest BCUT2D eigenvalue weighted by molar-refractivity contribution is 5.96. The number of carbonyl (C=O) groups is 1. The van der Waals surface area contributed by atoms with E-state index in [0.717, 1.165) is 23.5 Å². The van der Waals surface area contributed by atoms with Crippen molar-refractivity contribution in [3.8, 4) is 0 Å². The zero-order chi connectivity index (χ0) is 13.5. The molecule has 4 heteroatoms. The monoisotopic (exact) mass is 259 g/mol. The number of carbonyl (C=O) groups excluding carboxylic acids is 1. The Bertz CT molecular complexity index is 506. The Morgan fingerprint density at radius 3 is 2.79 bits per heavy atom. The van der Waals surface area contributed by atoms with Gasteiger partial charge in [0.2, 0.25) is 5.91 Å². The maximum atomic E-state index is 12.4. The van der Waals surface area contributed by atoms with Crippen LogP contribution in [0.25, 0.3) is 0 Å². The van der Waals surface area contributed by atoms with Crippen LogP contribution in [0.4, 0.5) is 5.69 Å². The van der Waals surface area contributed by atoms with Gasteiger partial charge in [-0.2, -0.15) is 0 Å². The van der Waals surface area contributed by atoms with Crippen LogP contribution in [-0.4, -0.2) is 23.5 Å². The Morgan fingerprint density at radius 2 is 2.16 bits per heavy atom. The van der Waals surface area contributed by atoms with Gasteiger partial charge in [-0.15, -0.1) is 0 Å². The van der Waals surface area contributed by atoms with Gasteiger partial charge in [-0.05, 0) is 38.3 Å². The summed E-state index contributed by atoms with van der Waals surface area (Å²) in [5, 5.41) is 6.37. The quantitative estimate of drug-likeness (QED) is 0.856. The number of hydrogen-bond donors (Lipinski definition) is 2. The lowest BCUT2D eigenvalue weighted by Gasteiger charge is -2.47. The van der Waals surface area contributed by atoms with Gasteiger partial charge in [0.1, 0.15) is 0 Å². The van der Waals surface area contributed by atoms with E-state index in [1.54, 1.807) is 6.20 Å². The second-order valence-corrected chi connectivity index (χ2v) is 5.94. The van der Waals surface area contributed by atoms with Crippen molar-refractivity contribution in [2.75, 3.05) is 11.9 Å². The summed E-state index contributed by atoms with van der Waals surface area (Å²) in [5.41, 5.74) is 3.14. The van der Waals surface area contributed by atoms with Gasteiger partial charge in [0.15, 0.2) is 0 Å². The second kappa shape index (κ2) is 4.60. The molecule has 1 aliphatic heterocycles. The fourth-order valence-electron chi connectivity index (χ4n) is 3.39. The molecule has 1 aromatic rings. The van der Waals surface area contributed by atoms with Crippen molar-refractivity contribution < 1.29 is 4.79 Å². The predicted octanol–water partition coefficient (Wildman–Crippen LogP) is 2.17. The fourth-order valence-corrected chi connectivity index (χ4v) is 3.39. The third-order valence-corrected chi connectivity index (χ3v) is 4.85. The van der Waals surface area contributed by atoms with Gasteiger partial charge in [-0.25, -0.2) is 0 Å². The molecule has 0 radical (unpaired) electrons. The van der Waals surface area contributed by atoms with Crippen molar-refractivity contribution in [3.05, 3.63) is 23.5 Å². The molecule has 3 rings (SSSR count). The zero-order valence-corrected chi connectivity index (χ0v) is 11.6. The molecule has 2 fully saturated rings. The first-order valence-corrected chi connectivity index (χ1v) is 7.09. The topological polar surface area (TPSA) is 54.0 Å². The second-order valence-electron chi connectivity index (χ2n) is 5.94. The highest BCUT2D eigenvalue weighted by atomic mass is 16.2. The standard InChI is InChI=1S/C15H21N3O/c1-10-11(2)16-8-5-12(10)18-14(19)13-15(9-17-13)6-3-4-7-15/h5,8,13,17H,3-4,6-7,9H2,1-2H3,(H,16,18,19). The molecule has 19 heavy (non-hydrogen) atoms. The lowest BCUT2D eigenvalue weighted by atomic mass is 9.71. The first-order chi connectivity index (χ1) is 9.12. The molecule has 0 aromatic carbocycles. The number of hydrogen-bond acceptors (Lipinski definition) is 3. The molecule has 1 spiro atoms. The van der Waals surface area contributed by atoms with Crippen LogP contribution < -0.4 is 10.6 Å². The lowest BCUT2D eigenvalue weighted by molar-refractivity contribution is -0.125. The van der Waals surface area contributed by atoms with E-state index in [0.29, 0.717) is 0 Å². The van der Waals surface area contributed by atoms with Crippen molar-refractivity contribution in [3.63, 3.8) is 0 Å². The summed E-state index contributed by atoms with van der Waals surface area (Å²) in [4.78, 5) is 16.7. The third kappa shape index (κ3) is 2.04. The van der Waals surface area contributed by atoms with Gasteiger partial charge >= 0.3 is 0 Å². The first kappa shape index (κ1) is 12.6. The summed E-state index contributed by atoms with van der Waals surface area (Å²) in [6.45, 7) is 4.96. The van der Waals surface area contributed by atoms with Gasteiger partial charge in [-0.3, -0.25) is 9.78 Å². The van der Waals surface area contributed by atoms with Crippen LogP contribution in [-0.2, 0) is 4.79 Å². The molecule has 2 N–H and O–H groups in total. The Morgan fingerprint density at radius 1 is 1.42 bits per heavy atom. The van der Waals surface area contributed by atoms with Crippen LogP contribution in [0, 0.1) is 19.3 Å². The van der Waals surface area contributed by atoms with Crippen molar-refractivity contribution in [1.29, 1.82) is 0 Å². The molecule has 102 valence electrons. The smallest absolute Gasteiger partial charge is 0.242 e. The lowest BCUT2D eigenvalue weighted by Crippen LogP contribution is -2.66. The van der Waals surface area contributed by atoms with Gasteiger partial charge in [0.25, 0.3) is 0 Å². The summed E-state index contributed by atoms with van der Waals surface area (Å²) in [6.07, 6.45) is 6.65. The zero-order valence-electron chi connectivity index (χ0n) is 11.6. The van der Waals surface area contributed by atoms with Crippen LogP contribution >= 0.6 is 0 Å². The molecule has 2 aliphatic rings. The van der Waals surface area contributed by atoms with Crippen molar-refractivity contribution in [1.82, 2.24) is 10.3 Å². The molecule has 1 saturated heterocycles. The molecule has 4 nitrogen and oxygen atoms in total. The van der Waals surface area contributed by atoms with Gasteiger partial charge in [0, 0.05) is 29.5 Å². The number of anilines is 1. The van der Waals surface area contributed by atoms with Gasteiger partial charge in [-0.1, -0.05) is 12.8 Å². The molecule has 1 aromatic heterocycles. The van der Waals surface area contributed by atoms with E-state index in [1.807, 2.05) is 19.9 Å². The number of amides is 1. The molecule has 1 atom stereocenters. The summed E-state index contributed by atoms with van der Waals surface area (Å²) < 4.78 is 0. The van der Waals surface area contributed by atoms with Crippen LogP contribution in [0.5, 0.6) is 0 Å². The fraction of sp³-hybridized carbons (Fsp3) is 0.600. The maximum Gasteiger partial charge on any atom is 0.242 e. The van der Waals surface area contributed by atoms with Gasteiger partial charge in [0.05, 0.1) is 6.04 Å². The molecular formula is C15H21N3O. The third-order valence-electron chi connectivity index (χ3n) is 4.85. The molecule has 1 unspecified atom stereocenters.